The van der Waals surface area contributed by atoms with Crippen LogP contribution in [0.3, 0.4) is 0 Å². The van der Waals surface area contributed by atoms with Gasteiger partial charge in [0.1, 0.15) is 0 Å². The molecule has 0 bridgehead atoms. The van der Waals surface area contributed by atoms with E-state index in [0.717, 1.165) is 19.6 Å². The zero-order valence-corrected chi connectivity index (χ0v) is 15.9. The molecule has 0 fully saturated rings. The van der Waals surface area contributed by atoms with Crippen LogP contribution >= 0.6 is 0 Å². The van der Waals surface area contributed by atoms with Crippen LogP contribution < -0.4 is 0 Å². The van der Waals surface area contributed by atoms with E-state index in [4.69, 9.17) is 0 Å². The third kappa shape index (κ3) is 6.74. The van der Waals surface area contributed by atoms with Gasteiger partial charge in [-0.1, -0.05) is 86.4 Å². The van der Waals surface area contributed by atoms with Crippen LogP contribution in [0.1, 0.15) is 25.0 Å². The SMILES string of the molecule is CC(C)C(C#CCN(C)Cc1ccccc1)N(C)Cc1ccccc1. The number of hydrogen-bond acceptors (Lipinski definition) is 2. The van der Waals surface area contributed by atoms with Crippen LogP contribution in [0.4, 0.5) is 0 Å². The van der Waals surface area contributed by atoms with Gasteiger partial charge in [0, 0.05) is 13.1 Å². The summed E-state index contributed by atoms with van der Waals surface area (Å²) in [6, 6.07) is 21.4. The molecule has 1 atom stereocenters. The average molecular weight is 335 g/mol. The molecule has 0 aliphatic carbocycles. The maximum absolute atomic E-state index is 3.49. The molecular weight excluding hydrogens is 304 g/mol. The molecule has 0 spiro atoms. The van der Waals surface area contributed by atoms with Gasteiger partial charge in [-0.15, -0.1) is 0 Å². The maximum Gasteiger partial charge on any atom is 0.0738 e. The van der Waals surface area contributed by atoms with Crippen LogP contribution in [0.5, 0.6) is 0 Å². The van der Waals surface area contributed by atoms with Gasteiger partial charge in [0.05, 0.1) is 12.6 Å². The quantitative estimate of drug-likeness (QED) is 0.697. The molecule has 0 amide bonds. The predicted octanol–water partition coefficient (Wildman–Crippen LogP) is 4.28. The van der Waals surface area contributed by atoms with Crippen molar-refractivity contribution in [3.63, 3.8) is 0 Å². The molecule has 1 unspecified atom stereocenters. The van der Waals surface area contributed by atoms with Gasteiger partial charge in [-0.25, -0.2) is 0 Å². The molecule has 132 valence electrons. The Balaban J connectivity index is 1.91. The zero-order chi connectivity index (χ0) is 18.1. The summed E-state index contributed by atoms with van der Waals surface area (Å²) in [5.41, 5.74) is 2.66. The second-order valence-electron chi connectivity index (χ2n) is 7.07. The van der Waals surface area contributed by atoms with E-state index in [1.165, 1.54) is 11.1 Å². The van der Waals surface area contributed by atoms with E-state index in [-0.39, 0.29) is 6.04 Å². The molecule has 0 aromatic heterocycles. The summed E-state index contributed by atoms with van der Waals surface area (Å²) in [4.78, 5) is 4.61. The Bertz CT molecular complexity index is 667. The van der Waals surface area contributed by atoms with Gasteiger partial charge >= 0.3 is 0 Å². The summed E-state index contributed by atoms with van der Waals surface area (Å²) < 4.78 is 0. The number of nitrogens with zero attached hydrogens (tertiary/aromatic N) is 2. The second kappa shape index (κ2) is 10.0. The lowest BCUT2D eigenvalue weighted by molar-refractivity contribution is 0.232. The smallest absolute Gasteiger partial charge is 0.0738 e. The Morgan fingerprint density at radius 2 is 1.32 bits per heavy atom. The highest BCUT2D eigenvalue weighted by atomic mass is 15.1. The van der Waals surface area contributed by atoms with E-state index in [0.29, 0.717) is 5.92 Å². The fraction of sp³-hybridized carbons (Fsp3) is 0.391. The predicted molar refractivity (Wildman–Crippen MR) is 107 cm³/mol. The lowest BCUT2D eigenvalue weighted by Crippen LogP contribution is -2.34. The number of benzene rings is 2. The van der Waals surface area contributed by atoms with E-state index in [1.807, 2.05) is 0 Å². The van der Waals surface area contributed by atoms with Crippen molar-refractivity contribution in [3.05, 3.63) is 71.8 Å². The molecule has 0 saturated heterocycles. The van der Waals surface area contributed by atoms with Crippen molar-refractivity contribution < 1.29 is 0 Å². The monoisotopic (exact) mass is 334 g/mol. The minimum atomic E-state index is 0.269. The van der Waals surface area contributed by atoms with Gasteiger partial charge < -0.3 is 0 Å². The van der Waals surface area contributed by atoms with Crippen LogP contribution in [-0.2, 0) is 13.1 Å². The van der Waals surface area contributed by atoms with Crippen LogP contribution in [0.15, 0.2) is 60.7 Å². The first-order valence-electron chi connectivity index (χ1n) is 9.01. The summed E-state index contributed by atoms with van der Waals surface area (Å²) in [6.07, 6.45) is 0. The highest BCUT2D eigenvalue weighted by Gasteiger charge is 2.16. The van der Waals surface area contributed by atoms with Gasteiger partial charge in [-0.3, -0.25) is 9.80 Å². The molecule has 0 radical (unpaired) electrons. The van der Waals surface area contributed by atoms with Crippen LogP contribution in [-0.4, -0.2) is 36.5 Å². The Morgan fingerprint density at radius 3 is 1.84 bits per heavy atom. The Hall–Kier alpha value is -2.08. The maximum atomic E-state index is 3.49. The Labute approximate surface area is 153 Å². The van der Waals surface area contributed by atoms with Gasteiger partial charge in [-0.05, 0) is 31.1 Å². The van der Waals surface area contributed by atoms with Crippen molar-refractivity contribution in [1.29, 1.82) is 0 Å². The highest BCUT2D eigenvalue weighted by Crippen LogP contribution is 2.12. The van der Waals surface area contributed by atoms with E-state index < -0.39 is 0 Å². The molecule has 2 aromatic rings. The first-order chi connectivity index (χ1) is 12.1. The third-order valence-electron chi connectivity index (χ3n) is 4.28. The van der Waals surface area contributed by atoms with Crippen LogP contribution in [0, 0.1) is 17.8 Å². The summed E-state index contributed by atoms with van der Waals surface area (Å²) >= 11 is 0. The Morgan fingerprint density at radius 1 is 0.800 bits per heavy atom. The normalized spacial score (nSPS) is 12.3. The van der Waals surface area contributed by atoms with Crippen molar-refractivity contribution in [2.45, 2.75) is 33.0 Å². The fourth-order valence-electron chi connectivity index (χ4n) is 2.99. The molecular formula is C23H30N2. The Kier molecular flexibility index (Phi) is 7.73. The highest BCUT2D eigenvalue weighted by molar-refractivity contribution is 5.17. The van der Waals surface area contributed by atoms with E-state index in [1.54, 1.807) is 0 Å². The summed E-state index contributed by atoms with van der Waals surface area (Å²) in [7, 11) is 4.29. The van der Waals surface area contributed by atoms with Crippen LogP contribution in [0.25, 0.3) is 0 Å². The van der Waals surface area contributed by atoms with Crippen LogP contribution in [0.2, 0.25) is 0 Å². The summed E-state index contributed by atoms with van der Waals surface area (Å²) in [5, 5.41) is 0. The van der Waals surface area contributed by atoms with Crippen molar-refractivity contribution in [2.75, 3.05) is 20.6 Å². The van der Waals surface area contributed by atoms with Crippen molar-refractivity contribution >= 4 is 0 Å². The van der Waals surface area contributed by atoms with Crippen molar-refractivity contribution in [1.82, 2.24) is 9.80 Å². The molecule has 2 heteroatoms. The van der Waals surface area contributed by atoms with Gasteiger partial charge in [-0.2, -0.15) is 0 Å². The largest absolute Gasteiger partial charge is 0.291 e. The molecule has 0 N–H and O–H groups in total. The van der Waals surface area contributed by atoms with Gasteiger partial charge in [0.2, 0.25) is 0 Å². The molecule has 0 aliphatic heterocycles. The fourth-order valence-corrected chi connectivity index (χ4v) is 2.99. The average Bonchev–Trinajstić information content (AvgIpc) is 2.60. The molecule has 0 aliphatic rings. The van der Waals surface area contributed by atoms with E-state index in [2.05, 4.69) is 110 Å². The molecule has 2 aromatic carbocycles. The van der Waals surface area contributed by atoms with Crippen molar-refractivity contribution in [2.24, 2.45) is 5.92 Å². The van der Waals surface area contributed by atoms with E-state index in [9.17, 15) is 0 Å². The first kappa shape index (κ1) is 19.2. The lowest BCUT2D eigenvalue weighted by Gasteiger charge is -2.27. The third-order valence-corrected chi connectivity index (χ3v) is 4.28. The molecule has 25 heavy (non-hydrogen) atoms. The minimum Gasteiger partial charge on any atom is -0.291 e. The lowest BCUT2D eigenvalue weighted by atomic mass is 10.0. The van der Waals surface area contributed by atoms with Gasteiger partial charge in [0.15, 0.2) is 0 Å². The summed E-state index contributed by atoms with van der Waals surface area (Å²) in [5.74, 6) is 7.38. The number of rotatable bonds is 7. The topological polar surface area (TPSA) is 6.48 Å². The zero-order valence-electron chi connectivity index (χ0n) is 15.9. The molecule has 2 rings (SSSR count). The second-order valence-corrected chi connectivity index (χ2v) is 7.07. The number of hydrogen-bond donors (Lipinski definition) is 0. The minimum absolute atomic E-state index is 0.269. The summed E-state index contributed by atoms with van der Waals surface area (Å²) in [6.45, 7) is 7.14. The molecule has 0 saturated carbocycles. The van der Waals surface area contributed by atoms with Gasteiger partial charge in [0.25, 0.3) is 0 Å². The molecule has 2 nitrogen and oxygen atoms in total. The standard InChI is InChI=1S/C23H30N2/c1-20(2)23(25(4)19-22-14-9-6-10-15-22)16-11-17-24(3)18-21-12-7-5-8-13-21/h5-10,12-15,20,23H,17-19H2,1-4H3. The first-order valence-corrected chi connectivity index (χ1v) is 9.01. The van der Waals surface area contributed by atoms with Crippen molar-refractivity contribution in [3.8, 4) is 11.8 Å². The molecule has 0 heterocycles. The van der Waals surface area contributed by atoms with E-state index >= 15 is 0 Å².